The second-order valence-corrected chi connectivity index (χ2v) is 6.87. The molecule has 0 aliphatic rings. The van der Waals surface area contributed by atoms with E-state index in [1.54, 1.807) is 18.2 Å². The van der Waals surface area contributed by atoms with Crippen LogP contribution in [0.2, 0.25) is 10.0 Å². The van der Waals surface area contributed by atoms with Crippen molar-refractivity contribution >= 4 is 45.6 Å². The molecule has 2 nitrogen and oxygen atoms in total. The van der Waals surface area contributed by atoms with Crippen molar-refractivity contribution in [2.45, 2.75) is 0 Å². The average Bonchev–Trinajstić information content (AvgIpc) is 3.14. The van der Waals surface area contributed by atoms with E-state index in [9.17, 15) is 5.26 Å². The van der Waals surface area contributed by atoms with Gasteiger partial charge in [0.15, 0.2) is 0 Å². The molecule has 0 N–H and O–H groups in total. The van der Waals surface area contributed by atoms with E-state index in [-0.39, 0.29) is 0 Å². The highest BCUT2D eigenvalue weighted by Gasteiger charge is 2.11. The Morgan fingerprint density at radius 3 is 2.56 bits per heavy atom. The van der Waals surface area contributed by atoms with E-state index in [0.29, 0.717) is 27.1 Å². The minimum Gasteiger partial charge on any atom is -0.457 e. The molecule has 3 aromatic carbocycles. The van der Waals surface area contributed by atoms with Crippen molar-refractivity contribution in [2.75, 3.05) is 0 Å². The Morgan fingerprint density at radius 1 is 0.926 bits per heavy atom. The number of fused-ring (bicyclic) bond motifs is 1. The molecule has 0 fully saturated rings. The zero-order valence-corrected chi connectivity index (χ0v) is 15.6. The molecule has 0 saturated heterocycles. The van der Waals surface area contributed by atoms with Gasteiger partial charge in [0.25, 0.3) is 0 Å². The van der Waals surface area contributed by atoms with E-state index in [1.807, 2.05) is 60.7 Å². The molecule has 1 aromatic heterocycles. The van der Waals surface area contributed by atoms with Crippen LogP contribution in [-0.2, 0) is 0 Å². The molecular formula is C23H13Cl2NO. The lowest BCUT2D eigenvalue weighted by molar-refractivity contribution is 0.572. The fourth-order valence-corrected chi connectivity index (χ4v) is 3.54. The molecule has 0 bridgehead atoms. The molecule has 0 atom stereocenters. The predicted octanol–water partition coefficient (Wildman–Crippen LogP) is 7.47. The number of hydrogen-bond donors (Lipinski definition) is 0. The minimum absolute atomic E-state index is 0.516. The van der Waals surface area contributed by atoms with E-state index >= 15 is 0 Å². The first-order valence-electron chi connectivity index (χ1n) is 8.31. The van der Waals surface area contributed by atoms with Gasteiger partial charge in [0, 0.05) is 16.1 Å². The maximum atomic E-state index is 9.70. The zero-order valence-electron chi connectivity index (χ0n) is 14.1. The molecular weight excluding hydrogens is 377 g/mol. The van der Waals surface area contributed by atoms with Crippen molar-refractivity contribution < 1.29 is 4.42 Å². The minimum atomic E-state index is 0.516. The van der Waals surface area contributed by atoms with Crippen molar-refractivity contribution in [1.82, 2.24) is 0 Å². The summed E-state index contributed by atoms with van der Waals surface area (Å²) in [6.45, 7) is 0. The monoisotopic (exact) mass is 389 g/mol. The highest BCUT2D eigenvalue weighted by atomic mass is 35.5. The van der Waals surface area contributed by atoms with Gasteiger partial charge in [-0.05, 0) is 47.2 Å². The zero-order chi connectivity index (χ0) is 18.8. The second kappa shape index (κ2) is 7.32. The van der Waals surface area contributed by atoms with Crippen molar-refractivity contribution in [3.8, 4) is 17.4 Å². The van der Waals surface area contributed by atoms with Gasteiger partial charge >= 0.3 is 0 Å². The van der Waals surface area contributed by atoms with Gasteiger partial charge in [-0.15, -0.1) is 0 Å². The molecule has 0 radical (unpaired) electrons. The number of hydrogen-bond acceptors (Lipinski definition) is 2. The molecule has 0 spiro atoms. The summed E-state index contributed by atoms with van der Waals surface area (Å²) in [4.78, 5) is 0. The van der Waals surface area contributed by atoms with Gasteiger partial charge in [0.1, 0.15) is 11.5 Å². The third kappa shape index (κ3) is 3.48. The van der Waals surface area contributed by atoms with Crippen LogP contribution in [0.3, 0.4) is 0 Å². The Bertz CT molecular complexity index is 1210. The Balaban J connectivity index is 1.76. The summed E-state index contributed by atoms with van der Waals surface area (Å²) >= 11 is 12.2. The van der Waals surface area contributed by atoms with Crippen LogP contribution < -0.4 is 0 Å². The van der Waals surface area contributed by atoms with E-state index in [1.165, 1.54) is 0 Å². The van der Waals surface area contributed by atoms with Crippen LogP contribution >= 0.6 is 23.2 Å². The molecule has 0 aliphatic carbocycles. The SMILES string of the molecule is N#C/C(=C\c1ccc(-c2ccc(Cl)cc2Cl)o1)c1cccc2ccccc12. The summed E-state index contributed by atoms with van der Waals surface area (Å²) in [6.07, 6.45) is 1.75. The number of rotatable bonds is 3. The first-order chi connectivity index (χ1) is 13.2. The second-order valence-electron chi connectivity index (χ2n) is 6.02. The Kier molecular flexibility index (Phi) is 4.73. The first-order valence-corrected chi connectivity index (χ1v) is 9.06. The average molecular weight is 390 g/mol. The van der Waals surface area contributed by atoms with Crippen LogP contribution in [0.5, 0.6) is 0 Å². The highest BCUT2D eigenvalue weighted by Crippen LogP contribution is 2.33. The van der Waals surface area contributed by atoms with Gasteiger partial charge in [0.05, 0.1) is 16.7 Å². The number of nitriles is 1. The first kappa shape index (κ1) is 17.4. The number of benzene rings is 3. The quantitative estimate of drug-likeness (QED) is 0.340. The van der Waals surface area contributed by atoms with Crippen LogP contribution in [0.15, 0.2) is 77.2 Å². The highest BCUT2D eigenvalue weighted by molar-refractivity contribution is 6.36. The lowest BCUT2D eigenvalue weighted by atomic mass is 9.98. The van der Waals surface area contributed by atoms with E-state index in [2.05, 4.69) is 6.07 Å². The predicted molar refractivity (Wildman–Crippen MR) is 112 cm³/mol. The molecule has 0 saturated carbocycles. The van der Waals surface area contributed by atoms with Crippen molar-refractivity contribution in [1.29, 1.82) is 5.26 Å². The summed E-state index contributed by atoms with van der Waals surface area (Å²) < 4.78 is 5.90. The molecule has 4 aromatic rings. The summed E-state index contributed by atoms with van der Waals surface area (Å²) in [5.74, 6) is 1.21. The molecule has 0 amide bonds. The van der Waals surface area contributed by atoms with Crippen LogP contribution in [-0.4, -0.2) is 0 Å². The van der Waals surface area contributed by atoms with E-state index < -0.39 is 0 Å². The number of halogens is 2. The van der Waals surface area contributed by atoms with Crippen molar-refractivity contribution in [3.63, 3.8) is 0 Å². The summed E-state index contributed by atoms with van der Waals surface area (Å²) in [6, 6.07) is 25.1. The van der Waals surface area contributed by atoms with E-state index in [0.717, 1.165) is 21.9 Å². The molecule has 4 heteroatoms. The molecule has 0 unspecified atom stereocenters. The molecule has 27 heavy (non-hydrogen) atoms. The fourth-order valence-electron chi connectivity index (χ4n) is 3.04. The van der Waals surface area contributed by atoms with Crippen LogP contribution in [0.4, 0.5) is 0 Å². The summed E-state index contributed by atoms with van der Waals surface area (Å²) in [7, 11) is 0. The van der Waals surface area contributed by atoms with Crippen LogP contribution in [0.1, 0.15) is 11.3 Å². The topological polar surface area (TPSA) is 36.9 Å². The van der Waals surface area contributed by atoms with Gasteiger partial charge in [-0.2, -0.15) is 5.26 Å². The van der Waals surface area contributed by atoms with Crippen molar-refractivity contribution in [3.05, 3.63) is 94.2 Å². The maximum absolute atomic E-state index is 9.70. The smallest absolute Gasteiger partial charge is 0.136 e. The number of furan rings is 1. The van der Waals surface area contributed by atoms with Gasteiger partial charge < -0.3 is 4.42 Å². The molecule has 130 valence electrons. The van der Waals surface area contributed by atoms with Gasteiger partial charge in [-0.1, -0.05) is 65.7 Å². The number of nitrogens with zero attached hydrogens (tertiary/aromatic N) is 1. The normalized spacial score (nSPS) is 11.5. The Morgan fingerprint density at radius 2 is 1.74 bits per heavy atom. The molecule has 1 heterocycles. The standard InChI is InChI=1S/C23H13Cl2NO/c24-17-8-10-21(22(25)13-17)23-11-9-18(27-23)12-16(14-26)20-7-3-5-15-4-1-2-6-19(15)20/h1-13H/b16-12+. The lowest BCUT2D eigenvalue weighted by Gasteiger charge is -2.05. The molecule has 0 aliphatic heterocycles. The van der Waals surface area contributed by atoms with Gasteiger partial charge in [-0.3, -0.25) is 0 Å². The maximum Gasteiger partial charge on any atom is 0.136 e. The lowest BCUT2D eigenvalue weighted by Crippen LogP contribution is -1.84. The van der Waals surface area contributed by atoms with Crippen LogP contribution in [0.25, 0.3) is 33.7 Å². The van der Waals surface area contributed by atoms with Gasteiger partial charge in [-0.25, -0.2) is 0 Å². The largest absolute Gasteiger partial charge is 0.457 e. The fraction of sp³-hybridized carbons (Fsp3) is 0. The summed E-state index contributed by atoms with van der Waals surface area (Å²) in [5, 5.41) is 12.9. The number of allylic oxidation sites excluding steroid dienone is 1. The third-order valence-corrected chi connectivity index (χ3v) is 4.86. The Hall–Kier alpha value is -2.99. The van der Waals surface area contributed by atoms with Crippen molar-refractivity contribution in [2.24, 2.45) is 0 Å². The van der Waals surface area contributed by atoms with Crippen LogP contribution in [0, 0.1) is 11.3 Å². The third-order valence-electron chi connectivity index (χ3n) is 4.31. The Labute approximate surface area is 166 Å². The van der Waals surface area contributed by atoms with E-state index in [4.69, 9.17) is 27.6 Å². The summed E-state index contributed by atoms with van der Waals surface area (Å²) in [5.41, 5.74) is 2.16. The molecule has 4 rings (SSSR count). The van der Waals surface area contributed by atoms with Gasteiger partial charge in [0.2, 0.25) is 0 Å².